The predicted octanol–water partition coefficient (Wildman–Crippen LogP) is 2.30. The van der Waals surface area contributed by atoms with E-state index in [1.54, 1.807) is 26.0 Å². The van der Waals surface area contributed by atoms with Gasteiger partial charge in [0.2, 0.25) is 0 Å². The fourth-order valence-corrected chi connectivity index (χ4v) is 2.16. The minimum Gasteiger partial charge on any atom is -0.452 e. The number of benzene rings is 1. The Morgan fingerprint density at radius 3 is 2.41 bits per heavy atom. The lowest BCUT2D eigenvalue weighted by molar-refractivity contribution is -0.157. The molecule has 0 saturated carbocycles. The molecule has 1 aromatic rings. The van der Waals surface area contributed by atoms with Crippen molar-refractivity contribution >= 4 is 41.1 Å². The normalized spacial score (nSPS) is 11.9. The van der Waals surface area contributed by atoms with Crippen LogP contribution in [0, 0.1) is 5.92 Å². The number of primary amides is 1. The van der Waals surface area contributed by atoms with Gasteiger partial charge in [-0.25, -0.2) is 4.79 Å². The maximum absolute atomic E-state index is 11.9. The van der Waals surface area contributed by atoms with Crippen molar-refractivity contribution in [3.63, 3.8) is 0 Å². The monoisotopic (exact) mass is 346 g/mol. The second-order valence-corrected chi connectivity index (χ2v) is 5.76. The third kappa shape index (κ3) is 5.54. The Morgan fingerprint density at radius 2 is 1.91 bits per heavy atom. The largest absolute Gasteiger partial charge is 0.452 e. The smallest absolute Gasteiger partial charge is 0.318 e. The Morgan fingerprint density at radius 1 is 1.27 bits per heavy atom. The second kappa shape index (κ2) is 8.00. The highest BCUT2D eigenvalue weighted by molar-refractivity contribution is 6.35. The number of hydrogen-bond acceptors (Lipinski definition) is 4. The van der Waals surface area contributed by atoms with Crippen LogP contribution in [0.1, 0.15) is 19.4 Å². The number of nitrogens with one attached hydrogen (secondary N) is 1. The van der Waals surface area contributed by atoms with Gasteiger partial charge in [-0.05, 0) is 23.6 Å². The van der Waals surface area contributed by atoms with Crippen molar-refractivity contribution < 1.29 is 19.1 Å². The molecule has 1 rings (SSSR count). The number of hydrogen-bond donors (Lipinski definition) is 2. The zero-order valence-corrected chi connectivity index (χ0v) is 13.6. The van der Waals surface area contributed by atoms with Crippen LogP contribution in [-0.2, 0) is 20.7 Å². The van der Waals surface area contributed by atoms with Gasteiger partial charge in [-0.2, -0.15) is 0 Å². The molecule has 3 N–H and O–H groups in total. The number of urea groups is 1. The Hall–Kier alpha value is -1.79. The van der Waals surface area contributed by atoms with E-state index in [1.165, 1.54) is 6.07 Å². The van der Waals surface area contributed by atoms with Gasteiger partial charge in [0.25, 0.3) is 5.91 Å². The minimum atomic E-state index is -1.12. The summed E-state index contributed by atoms with van der Waals surface area (Å²) in [5.41, 5.74) is 5.40. The topological polar surface area (TPSA) is 98.5 Å². The number of halogens is 2. The molecule has 3 amide bonds. The number of ether oxygens (including phenoxy) is 1. The molecule has 0 fully saturated rings. The molecule has 0 spiro atoms. The molecule has 0 aliphatic rings. The lowest BCUT2D eigenvalue weighted by atomic mass is 10.1. The molecule has 22 heavy (non-hydrogen) atoms. The van der Waals surface area contributed by atoms with Gasteiger partial charge in [0.05, 0.1) is 6.42 Å². The Balaban J connectivity index is 2.75. The first-order chi connectivity index (χ1) is 10.2. The second-order valence-electron chi connectivity index (χ2n) is 4.92. The van der Waals surface area contributed by atoms with Crippen molar-refractivity contribution in [3.05, 3.63) is 33.8 Å². The number of imide groups is 1. The van der Waals surface area contributed by atoms with Crippen molar-refractivity contribution in [2.75, 3.05) is 0 Å². The SMILES string of the molecule is CC(C)C(OC(=O)Cc1ccc(Cl)cc1Cl)C(=O)NC(N)=O. The first-order valence-electron chi connectivity index (χ1n) is 6.44. The van der Waals surface area contributed by atoms with Crippen molar-refractivity contribution in [2.45, 2.75) is 26.4 Å². The Bertz CT molecular complexity index is 590. The van der Waals surface area contributed by atoms with E-state index in [0.717, 1.165) is 0 Å². The van der Waals surface area contributed by atoms with Gasteiger partial charge >= 0.3 is 12.0 Å². The summed E-state index contributed by atoms with van der Waals surface area (Å²) in [6.07, 6.45) is -1.24. The van der Waals surface area contributed by atoms with Crippen LogP contribution in [0.25, 0.3) is 0 Å². The van der Waals surface area contributed by atoms with Crippen molar-refractivity contribution in [3.8, 4) is 0 Å². The molecular formula is C14H16Cl2N2O4. The maximum Gasteiger partial charge on any atom is 0.318 e. The lowest BCUT2D eigenvalue weighted by Crippen LogP contribution is -2.45. The van der Waals surface area contributed by atoms with Crippen LogP contribution in [-0.4, -0.2) is 24.0 Å². The zero-order chi connectivity index (χ0) is 16.9. The van der Waals surface area contributed by atoms with Crippen LogP contribution in [0.15, 0.2) is 18.2 Å². The zero-order valence-electron chi connectivity index (χ0n) is 12.1. The maximum atomic E-state index is 11.9. The first kappa shape index (κ1) is 18.3. The summed E-state index contributed by atoms with van der Waals surface area (Å²) < 4.78 is 5.11. The van der Waals surface area contributed by atoms with E-state index in [1.807, 2.05) is 5.32 Å². The predicted molar refractivity (Wildman–Crippen MR) is 82.6 cm³/mol. The molecule has 0 aliphatic carbocycles. The highest BCUT2D eigenvalue weighted by atomic mass is 35.5. The van der Waals surface area contributed by atoms with E-state index in [2.05, 4.69) is 0 Å². The molecule has 1 unspecified atom stereocenters. The van der Waals surface area contributed by atoms with E-state index in [4.69, 9.17) is 33.7 Å². The van der Waals surface area contributed by atoms with E-state index in [-0.39, 0.29) is 12.3 Å². The number of carbonyl (C=O) groups excluding carboxylic acids is 3. The highest BCUT2D eigenvalue weighted by Crippen LogP contribution is 2.22. The summed E-state index contributed by atoms with van der Waals surface area (Å²) in [7, 11) is 0. The number of nitrogens with two attached hydrogens (primary N) is 1. The van der Waals surface area contributed by atoms with E-state index in [0.29, 0.717) is 15.6 Å². The van der Waals surface area contributed by atoms with Gasteiger partial charge in [-0.15, -0.1) is 0 Å². The van der Waals surface area contributed by atoms with Crippen LogP contribution in [0.3, 0.4) is 0 Å². The molecule has 8 heteroatoms. The molecule has 1 atom stereocenters. The van der Waals surface area contributed by atoms with Gasteiger partial charge < -0.3 is 10.5 Å². The van der Waals surface area contributed by atoms with Gasteiger partial charge in [0, 0.05) is 10.0 Å². The fraction of sp³-hybridized carbons (Fsp3) is 0.357. The highest BCUT2D eigenvalue weighted by Gasteiger charge is 2.27. The molecule has 0 bridgehead atoms. The Labute approximate surface area is 137 Å². The molecule has 0 radical (unpaired) electrons. The third-order valence-corrected chi connectivity index (χ3v) is 3.31. The fourth-order valence-electron chi connectivity index (χ4n) is 1.69. The first-order valence-corrected chi connectivity index (χ1v) is 7.20. The molecule has 0 heterocycles. The van der Waals surface area contributed by atoms with Crippen molar-refractivity contribution in [2.24, 2.45) is 11.7 Å². The molecule has 0 saturated heterocycles. The summed E-state index contributed by atoms with van der Waals surface area (Å²) in [6.45, 7) is 3.35. The molecule has 1 aromatic carbocycles. The summed E-state index contributed by atoms with van der Waals surface area (Å²) in [5, 5.41) is 2.66. The Kier molecular flexibility index (Phi) is 6.64. The van der Waals surface area contributed by atoms with E-state index >= 15 is 0 Å². The van der Waals surface area contributed by atoms with Crippen molar-refractivity contribution in [1.29, 1.82) is 0 Å². The number of carbonyl (C=O) groups is 3. The summed E-state index contributed by atoms with van der Waals surface area (Å²) in [5.74, 6) is -1.75. The van der Waals surface area contributed by atoms with Crippen LogP contribution < -0.4 is 11.1 Å². The van der Waals surface area contributed by atoms with Gasteiger partial charge in [0.1, 0.15) is 0 Å². The van der Waals surface area contributed by atoms with Crippen LogP contribution in [0.4, 0.5) is 4.79 Å². The standard InChI is InChI=1S/C14H16Cl2N2O4/c1-7(2)12(13(20)18-14(17)21)22-11(19)5-8-3-4-9(15)6-10(8)16/h3-4,6-7,12H,5H2,1-2H3,(H3,17,18,20,21). The molecule has 0 aliphatic heterocycles. The molecular weight excluding hydrogens is 331 g/mol. The van der Waals surface area contributed by atoms with Crippen LogP contribution in [0.5, 0.6) is 0 Å². The van der Waals surface area contributed by atoms with Gasteiger partial charge in [0.15, 0.2) is 6.10 Å². The van der Waals surface area contributed by atoms with E-state index in [9.17, 15) is 14.4 Å². The third-order valence-electron chi connectivity index (χ3n) is 2.72. The van der Waals surface area contributed by atoms with E-state index < -0.39 is 24.0 Å². The minimum absolute atomic E-state index is 0.122. The summed E-state index contributed by atoms with van der Waals surface area (Å²) in [4.78, 5) is 34.4. The number of rotatable bonds is 5. The summed E-state index contributed by atoms with van der Waals surface area (Å²) >= 11 is 11.7. The molecule has 6 nitrogen and oxygen atoms in total. The molecule has 0 aromatic heterocycles. The van der Waals surface area contributed by atoms with Crippen molar-refractivity contribution in [1.82, 2.24) is 5.32 Å². The van der Waals surface area contributed by atoms with Crippen LogP contribution >= 0.6 is 23.2 Å². The quantitative estimate of drug-likeness (QED) is 0.799. The average molecular weight is 347 g/mol. The van der Waals surface area contributed by atoms with Gasteiger partial charge in [-0.1, -0.05) is 43.1 Å². The van der Waals surface area contributed by atoms with Crippen LogP contribution in [0.2, 0.25) is 10.0 Å². The lowest BCUT2D eigenvalue weighted by Gasteiger charge is -2.20. The number of esters is 1. The number of amides is 3. The molecule has 120 valence electrons. The summed E-state index contributed by atoms with van der Waals surface area (Å²) in [6, 6.07) is 3.69. The average Bonchev–Trinajstić information content (AvgIpc) is 2.38. The van der Waals surface area contributed by atoms with Gasteiger partial charge in [-0.3, -0.25) is 14.9 Å².